The summed E-state index contributed by atoms with van der Waals surface area (Å²) >= 11 is 12.5. The summed E-state index contributed by atoms with van der Waals surface area (Å²) < 4.78 is 0. The molecule has 1 aliphatic heterocycles. The first-order valence-corrected chi connectivity index (χ1v) is 10.8. The number of halogens is 2. The van der Waals surface area contributed by atoms with E-state index in [1.54, 1.807) is 35.2 Å². The highest BCUT2D eigenvalue weighted by atomic mass is 35.5. The number of rotatable bonds is 9. The molecule has 2 N–H and O–H groups in total. The number of nitrogens with one attached hydrogen (secondary N) is 2. The van der Waals surface area contributed by atoms with E-state index in [-0.39, 0.29) is 32.3 Å². The van der Waals surface area contributed by atoms with Gasteiger partial charge in [0.25, 0.3) is 5.91 Å². The van der Waals surface area contributed by atoms with E-state index >= 15 is 0 Å². The molecule has 2 amide bonds. The van der Waals surface area contributed by atoms with Crippen LogP contribution in [0.3, 0.4) is 0 Å². The van der Waals surface area contributed by atoms with Gasteiger partial charge < -0.3 is 15.5 Å². The highest BCUT2D eigenvalue weighted by Crippen LogP contribution is 2.29. The number of carbonyl (C=O) groups excluding carboxylic acids is 2. The lowest BCUT2D eigenvalue weighted by molar-refractivity contribution is -0.145. The van der Waals surface area contributed by atoms with Crippen molar-refractivity contribution in [3.63, 3.8) is 0 Å². The Balaban J connectivity index is 0.00000363. The van der Waals surface area contributed by atoms with Gasteiger partial charge in [0, 0.05) is 38.2 Å². The minimum Gasteiger partial charge on any atom is -0.353 e. The van der Waals surface area contributed by atoms with Crippen LogP contribution in [0.5, 0.6) is 0 Å². The van der Waals surface area contributed by atoms with Gasteiger partial charge in [-0.2, -0.15) is 0 Å². The van der Waals surface area contributed by atoms with Gasteiger partial charge in [-0.1, -0.05) is 54.9 Å². The Morgan fingerprint density at radius 2 is 1.69 bits per heavy atom. The summed E-state index contributed by atoms with van der Waals surface area (Å²) in [4.78, 5) is 27.2. The summed E-state index contributed by atoms with van der Waals surface area (Å²) in [6.45, 7) is 2.46. The molecule has 0 spiro atoms. The molecular weight excluding hydrogens is 449 g/mol. The summed E-state index contributed by atoms with van der Waals surface area (Å²) in [7, 11) is 3.56. The molecule has 7 nitrogen and oxygen atoms in total. The molecule has 0 radical (unpaired) electrons. The Morgan fingerprint density at radius 3 is 2.31 bits per heavy atom. The number of hydrogen-bond acceptors (Lipinski definition) is 5. The maximum atomic E-state index is 13.1. The molecule has 0 saturated heterocycles. The van der Waals surface area contributed by atoms with Gasteiger partial charge in [-0.05, 0) is 36.4 Å². The number of hydrazine groups is 1. The van der Waals surface area contributed by atoms with Crippen LogP contribution in [0.1, 0.15) is 18.6 Å². The summed E-state index contributed by atoms with van der Waals surface area (Å²) in [6.07, 6.45) is 0. The zero-order chi connectivity index (χ0) is 22.4. The lowest BCUT2D eigenvalue weighted by Crippen LogP contribution is -2.48. The first kappa shape index (κ1) is 25.9. The standard InChI is InChI=1S/C22H27Cl2N5O2.CH4/c1-25-9-10-26-21(30)14-28(20-11-18(23)7-8-19(20)24)15-22(31)27(2)29-12-16-5-3-4-6-17(16)13-29;/h3-8,11,25H,9-10,12-15H2,1-2H3,(H,26,30);1H4. The lowest BCUT2D eigenvalue weighted by atomic mass is 10.1. The minimum absolute atomic E-state index is 0. The van der Waals surface area contributed by atoms with Crippen LogP contribution in [-0.2, 0) is 22.7 Å². The van der Waals surface area contributed by atoms with Crippen LogP contribution in [0.4, 0.5) is 5.69 Å². The number of hydrogen-bond donors (Lipinski definition) is 2. The maximum absolute atomic E-state index is 13.1. The van der Waals surface area contributed by atoms with E-state index in [9.17, 15) is 9.59 Å². The van der Waals surface area contributed by atoms with Crippen molar-refractivity contribution in [2.45, 2.75) is 20.5 Å². The van der Waals surface area contributed by atoms with Crippen molar-refractivity contribution < 1.29 is 9.59 Å². The van der Waals surface area contributed by atoms with Gasteiger partial charge in [0.05, 0.1) is 23.8 Å². The molecule has 2 aromatic carbocycles. The topological polar surface area (TPSA) is 67.9 Å². The molecule has 0 unspecified atom stereocenters. The van der Waals surface area contributed by atoms with Gasteiger partial charge in [0.2, 0.25) is 5.91 Å². The van der Waals surface area contributed by atoms with Gasteiger partial charge in [-0.15, -0.1) is 0 Å². The SMILES string of the molecule is C.CNCCNC(=O)CN(CC(=O)N(C)N1Cc2ccccc2C1)c1cc(Cl)ccc1Cl. The Morgan fingerprint density at radius 1 is 1.03 bits per heavy atom. The third-order valence-corrected chi connectivity index (χ3v) is 5.77. The molecular formula is C23H31Cl2N5O2. The molecule has 32 heavy (non-hydrogen) atoms. The second-order valence-corrected chi connectivity index (χ2v) is 8.26. The number of anilines is 1. The summed E-state index contributed by atoms with van der Waals surface area (Å²) in [5.74, 6) is -0.345. The number of benzene rings is 2. The molecule has 0 bridgehead atoms. The van der Waals surface area contributed by atoms with E-state index in [0.29, 0.717) is 41.9 Å². The average molecular weight is 480 g/mol. The Bertz CT molecular complexity index is 915. The number of amides is 2. The van der Waals surface area contributed by atoms with E-state index in [4.69, 9.17) is 23.2 Å². The van der Waals surface area contributed by atoms with Crippen molar-refractivity contribution in [3.05, 3.63) is 63.6 Å². The van der Waals surface area contributed by atoms with Crippen molar-refractivity contribution in [1.29, 1.82) is 0 Å². The number of carbonyl (C=O) groups is 2. The average Bonchev–Trinajstić information content (AvgIpc) is 3.19. The van der Waals surface area contributed by atoms with E-state index in [1.807, 2.05) is 24.2 Å². The van der Waals surface area contributed by atoms with Crippen molar-refractivity contribution >= 4 is 40.7 Å². The summed E-state index contributed by atoms with van der Waals surface area (Å²) in [5.41, 5.74) is 2.96. The highest BCUT2D eigenvalue weighted by molar-refractivity contribution is 6.35. The zero-order valence-corrected chi connectivity index (χ0v) is 19.2. The molecule has 0 aromatic heterocycles. The summed E-state index contributed by atoms with van der Waals surface area (Å²) in [6, 6.07) is 13.1. The van der Waals surface area contributed by atoms with Crippen LogP contribution in [0.25, 0.3) is 0 Å². The van der Waals surface area contributed by atoms with Crippen LogP contribution in [0.2, 0.25) is 10.0 Å². The quantitative estimate of drug-likeness (QED) is 0.540. The van der Waals surface area contributed by atoms with E-state index in [2.05, 4.69) is 22.8 Å². The van der Waals surface area contributed by atoms with Gasteiger partial charge in [0.1, 0.15) is 0 Å². The molecule has 174 valence electrons. The Labute approximate surface area is 200 Å². The van der Waals surface area contributed by atoms with Crippen LogP contribution < -0.4 is 15.5 Å². The van der Waals surface area contributed by atoms with Crippen LogP contribution in [0.15, 0.2) is 42.5 Å². The highest BCUT2D eigenvalue weighted by Gasteiger charge is 2.27. The number of nitrogens with zero attached hydrogens (tertiary/aromatic N) is 3. The monoisotopic (exact) mass is 479 g/mol. The van der Waals surface area contributed by atoms with Gasteiger partial charge in [-0.25, -0.2) is 5.01 Å². The van der Waals surface area contributed by atoms with Gasteiger partial charge in [0.15, 0.2) is 0 Å². The van der Waals surface area contributed by atoms with Crippen molar-refractivity contribution in [3.8, 4) is 0 Å². The van der Waals surface area contributed by atoms with Crippen LogP contribution in [-0.4, -0.2) is 62.1 Å². The molecule has 0 aliphatic carbocycles. The fourth-order valence-electron chi connectivity index (χ4n) is 3.46. The first-order valence-electron chi connectivity index (χ1n) is 10.1. The largest absolute Gasteiger partial charge is 0.353 e. The van der Waals surface area contributed by atoms with E-state index in [0.717, 1.165) is 0 Å². The Kier molecular flexibility index (Phi) is 9.78. The number of fused-ring (bicyclic) bond motifs is 1. The molecule has 9 heteroatoms. The lowest BCUT2D eigenvalue weighted by Gasteiger charge is -2.31. The second-order valence-electron chi connectivity index (χ2n) is 7.41. The Hall–Kier alpha value is -2.32. The predicted molar refractivity (Wildman–Crippen MR) is 131 cm³/mol. The van der Waals surface area contributed by atoms with Crippen molar-refractivity contribution in [2.75, 3.05) is 45.2 Å². The zero-order valence-electron chi connectivity index (χ0n) is 17.7. The maximum Gasteiger partial charge on any atom is 0.256 e. The molecule has 0 atom stereocenters. The number of likely N-dealkylation sites (N-methyl/N-ethyl adjacent to an activating group) is 2. The smallest absolute Gasteiger partial charge is 0.256 e. The normalized spacial score (nSPS) is 12.6. The third kappa shape index (κ3) is 6.59. The van der Waals surface area contributed by atoms with Crippen LogP contribution in [0, 0.1) is 0 Å². The third-order valence-electron chi connectivity index (χ3n) is 5.22. The summed E-state index contributed by atoms with van der Waals surface area (Å²) in [5, 5.41) is 10.3. The molecule has 2 aromatic rings. The molecule has 3 rings (SSSR count). The minimum atomic E-state index is -0.199. The molecule has 0 fully saturated rings. The van der Waals surface area contributed by atoms with E-state index in [1.165, 1.54) is 11.1 Å². The van der Waals surface area contributed by atoms with Crippen LogP contribution >= 0.6 is 23.2 Å². The molecule has 1 aliphatic rings. The molecule has 1 heterocycles. The van der Waals surface area contributed by atoms with Crippen molar-refractivity contribution in [1.82, 2.24) is 20.7 Å². The molecule has 0 saturated carbocycles. The van der Waals surface area contributed by atoms with Gasteiger partial charge in [-0.3, -0.25) is 14.6 Å². The van der Waals surface area contributed by atoms with E-state index < -0.39 is 0 Å². The van der Waals surface area contributed by atoms with Gasteiger partial charge >= 0.3 is 0 Å². The second kappa shape index (κ2) is 12.1. The predicted octanol–water partition coefficient (Wildman–Crippen LogP) is 3.16. The fourth-order valence-corrected chi connectivity index (χ4v) is 3.86. The fraction of sp³-hybridized carbons (Fsp3) is 0.391. The van der Waals surface area contributed by atoms with Crippen molar-refractivity contribution in [2.24, 2.45) is 0 Å². The first-order chi connectivity index (χ1) is 14.9.